The molecule has 0 N–H and O–H groups in total. The van der Waals surface area contributed by atoms with Crippen LogP contribution in [0, 0.1) is 51.4 Å². The molecule has 0 radical (unpaired) electrons. The lowest BCUT2D eigenvalue weighted by atomic mass is 9.87. The number of nitrogens with zero attached hydrogens (tertiary/aromatic N) is 2. The minimum Gasteiger partial charge on any atom is -0.371 e. The molecule has 0 unspecified atom stereocenters. The van der Waals surface area contributed by atoms with Gasteiger partial charge in [-0.2, -0.15) is 0 Å². The molecule has 0 amide bonds. The third-order valence-electron chi connectivity index (χ3n) is 9.17. The highest BCUT2D eigenvalue weighted by molar-refractivity contribution is 5.60. The maximum absolute atomic E-state index is 5.73. The van der Waals surface area contributed by atoms with Crippen molar-refractivity contribution in [2.45, 2.75) is 106 Å². The van der Waals surface area contributed by atoms with Gasteiger partial charge in [0.2, 0.25) is 0 Å². The Balaban J connectivity index is 0.000000544. The fraction of sp³-hybridized carbons (Fsp3) is 0.488. The van der Waals surface area contributed by atoms with E-state index in [1.54, 1.807) is 5.56 Å². The number of terminal acetylenes is 2. The lowest BCUT2D eigenvalue weighted by molar-refractivity contribution is 0.207. The minimum absolute atomic E-state index is 0.491. The van der Waals surface area contributed by atoms with Crippen molar-refractivity contribution >= 4 is 5.69 Å². The van der Waals surface area contributed by atoms with Gasteiger partial charge in [0.25, 0.3) is 0 Å². The molecule has 1 aliphatic rings. The van der Waals surface area contributed by atoms with Crippen LogP contribution in [0.5, 0.6) is 0 Å². The number of rotatable bonds is 11. The van der Waals surface area contributed by atoms with Crippen LogP contribution in [0.3, 0.4) is 0 Å². The first-order valence-corrected chi connectivity index (χ1v) is 17.5. The molecule has 4 rings (SSSR count). The molecule has 3 aromatic carbocycles. The van der Waals surface area contributed by atoms with E-state index in [4.69, 9.17) is 12.8 Å². The molecule has 2 heteroatoms. The molecule has 0 aliphatic carbocycles. The van der Waals surface area contributed by atoms with E-state index < -0.39 is 0 Å². The second-order valence-corrected chi connectivity index (χ2v) is 12.3. The largest absolute Gasteiger partial charge is 0.371 e. The highest BCUT2D eigenvalue weighted by Crippen LogP contribution is 2.31. The average molecular weight is 605 g/mol. The van der Waals surface area contributed by atoms with Crippen molar-refractivity contribution in [2.75, 3.05) is 31.1 Å². The Kier molecular flexibility index (Phi) is 17.2. The lowest BCUT2D eigenvalue weighted by Gasteiger charge is -2.34. The molecule has 1 heterocycles. The molecular formula is C43H60N2. The summed E-state index contributed by atoms with van der Waals surface area (Å²) in [7, 11) is 0. The van der Waals surface area contributed by atoms with Gasteiger partial charge in [0.05, 0.1) is 5.69 Å². The van der Waals surface area contributed by atoms with E-state index in [1.165, 1.54) is 86.0 Å². The highest BCUT2D eigenvalue weighted by Gasteiger charge is 2.22. The summed E-state index contributed by atoms with van der Waals surface area (Å²) in [4.78, 5) is 5.18. The molecule has 2 nitrogen and oxygen atoms in total. The molecule has 1 aliphatic heterocycles. The van der Waals surface area contributed by atoms with Gasteiger partial charge in [-0.15, -0.1) is 12.8 Å². The third kappa shape index (κ3) is 11.4. The first-order chi connectivity index (χ1) is 21.8. The summed E-state index contributed by atoms with van der Waals surface area (Å²) in [6, 6.07) is 21.7. The van der Waals surface area contributed by atoms with Crippen LogP contribution in [0.1, 0.15) is 118 Å². The maximum Gasteiger partial charge on any atom is 0.0525 e. The van der Waals surface area contributed by atoms with Crippen molar-refractivity contribution in [1.82, 2.24) is 4.90 Å². The Bertz CT molecular complexity index is 1360. The standard InChI is InChI=1S/C32H46N2.C9H8.C2H6/c1-7-10-20-33(19-8-2)27(6)31-24-30(25(4)23-26(31)5)16-15-28-17-21-34(22-18-28)32-14-12-11-13-29(32)9-3;1-3-9-7-5-4-6-8(9)2;1-2/h3,11-14,23-24,27-28H,7-8,10,15-22H2,1-2,4-6H3;1,4-7H,2H3;1-2H3/t27-;;/m1../s1. The van der Waals surface area contributed by atoms with Gasteiger partial charge >= 0.3 is 0 Å². The number of unbranched alkanes of at least 4 members (excludes halogenated alkanes) is 1. The number of anilines is 1. The summed E-state index contributed by atoms with van der Waals surface area (Å²) in [5, 5.41) is 0. The number of aryl methyl sites for hydroxylation is 4. The summed E-state index contributed by atoms with van der Waals surface area (Å²) in [6.45, 7) is 22.2. The number of piperidine rings is 1. The summed E-state index contributed by atoms with van der Waals surface area (Å²) in [5.41, 5.74) is 10.4. The van der Waals surface area contributed by atoms with E-state index in [-0.39, 0.29) is 0 Å². The van der Waals surface area contributed by atoms with Gasteiger partial charge in [-0.25, -0.2) is 0 Å². The molecule has 242 valence electrons. The normalized spacial score (nSPS) is 13.5. The van der Waals surface area contributed by atoms with Crippen molar-refractivity contribution in [2.24, 2.45) is 5.92 Å². The number of hydrogen-bond acceptors (Lipinski definition) is 2. The van der Waals surface area contributed by atoms with Crippen LogP contribution < -0.4 is 4.90 Å². The molecule has 0 spiro atoms. The summed E-state index contributed by atoms with van der Waals surface area (Å²) in [6.07, 6.45) is 19.7. The highest BCUT2D eigenvalue weighted by atomic mass is 15.1. The predicted molar refractivity (Wildman–Crippen MR) is 199 cm³/mol. The quantitative estimate of drug-likeness (QED) is 0.201. The van der Waals surface area contributed by atoms with Crippen molar-refractivity contribution in [3.63, 3.8) is 0 Å². The smallest absolute Gasteiger partial charge is 0.0525 e. The molecular weight excluding hydrogens is 544 g/mol. The molecule has 0 saturated carbocycles. The van der Waals surface area contributed by atoms with Gasteiger partial charge in [-0.1, -0.05) is 88.4 Å². The molecule has 0 bridgehead atoms. The van der Waals surface area contributed by atoms with E-state index in [0.29, 0.717) is 6.04 Å². The van der Waals surface area contributed by atoms with Crippen LogP contribution in [0.25, 0.3) is 0 Å². The molecule has 1 fully saturated rings. The van der Waals surface area contributed by atoms with Gasteiger partial charge in [-0.05, 0) is 131 Å². The Labute approximate surface area is 277 Å². The fourth-order valence-corrected chi connectivity index (χ4v) is 6.41. The Morgan fingerprint density at radius 3 is 2.00 bits per heavy atom. The average Bonchev–Trinajstić information content (AvgIpc) is 3.07. The van der Waals surface area contributed by atoms with Crippen LogP contribution in [0.4, 0.5) is 5.69 Å². The SMILES string of the molecule is C#Cc1ccccc1C.C#Cc1ccccc1N1CCC(CCc2cc([C@@H](C)N(CCC)CCCC)c(C)cc2C)CC1.CC. The molecule has 1 atom stereocenters. The van der Waals surface area contributed by atoms with Gasteiger partial charge in [0.1, 0.15) is 0 Å². The topological polar surface area (TPSA) is 6.48 Å². The number of para-hydroxylation sites is 1. The first-order valence-electron chi connectivity index (χ1n) is 17.5. The summed E-state index contributed by atoms with van der Waals surface area (Å²) in [5.74, 6) is 6.26. The molecule has 3 aromatic rings. The van der Waals surface area contributed by atoms with Gasteiger partial charge in [0.15, 0.2) is 0 Å². The van der Waals surface area contributed by atoms with Crippen LogP contribution in [0.15, 0.2) is 60.7 Å². The summed E-state index contributed by atoms with van der Waals surface area (Å²) >= 11 is 0. The number of hydrogen-bond donors (Lipinski definition) is 0. The Morgan fingerprint density at radius 2 is 1.42 bits per heavy atom. The lowest BCUT2D eigenvalue weighted by Crippen LogP contribution is -2.34. The second kappa shape index (κ2) is 20.5. The molecule has 0 aromatic heterocycles. The Morgan fingerprint density at radius 1 is 0.800 bits per heavy atom. The molecule has 45 heavy (non-hydrogen) atoms. The van der Waals surface area contributed by atoms with Crippen molar-refractivity contribution < 1.29 is 0 Å². The Hall–Kier alpha value is -3.46. The van der Waals surface area contributed by atoms with E-state index in [1.807, 2.05) is 51.1 Å². The third-order valence-corrected chi connectivity index (χ3v) is 9.17. The van der Waals surface area contributed by atoms with Crippen LogP contribution in [-0.4, -0.2) is 31.1 Å². The minimum atomic E-state index is 0.491. The van der Waals surface area contributed by atoms with Crippen LogP contribution >= 0.6 is 0 Å². The zero-order valence-corrected chi connectivity index (χ0v) is 29.8. The van der Waals surface area contributed by atoms with Gasteiger partial charge in [-0.3, -0.25) is 4.90 Å². The number of benzene rings is 3. The van der Waals surface area contributed by atoms with Crippen molar-refractivity contribution in [3.05, 3.63) is 99.6 Å². The van der Waals surface area contributed by atoms with E-state index in [0.717, 1.165) is 30.1 Å². The van der Waals surface area contributed by atoms with Gasteiger partial charge < -0.3 is 4.90 Å². The van der Waals surface area contributed by atoms with Crippen molar-refractivity contribution in [1.29, 1.82) is 0 Å². The monoisotopic (exact) mass is 604 g/mol. The van der Waals surface area contributed by atoms with E-state index in [2.05, 4.69) is 86.6 Å². The van der Waals surface area contributed by atoms with Crippen LogP contribution in [-0.2, 0) is 6.42 Å². The first kappa shape index (κ1) is 37.7. The zero-order valence-electron chi connectivity index (χ0n) is 29.8. The second-order valence-electron chi connectivity index (χ2n) is 12.3. The maximum atomic E-state index is 5.73. The fourth-order valence-electron chi connectivity index (χ4n) is 6.41. The zero-order chi connectivity index (χ0) is 33.2. The van der Waals surface area contributed by atoms with Gasteiger partial charge in [0, 0.05) is 30.3 Å². The van der Waals surface area contributed by atoms with E-state index >= 15 is 0 Å². The van der Waals surface area contributed by atoms with E-state index in [9.17, 15) is 0 Å². The van der Waals surface area contributed by atoms with Crippen molar-refractivity contribution in [3.8, 4) is 24.7 Å². The molecule has 1 saturated heterocycles. The predicted octanol–water partition coefficient (Wildman–Crippen LogP) is 10.7. The summed E-state index contributed by atoms with van der Waals surface area (Å²) < 4.78 is 0. The van der Waals surface area contributed by atoms with Crippen LogP contribution in [0.2, 0.25) is 0 Å².